The summed E-state index contributed by atoms with van der Waals surface area (Å²) in [5, 5.41) is 6.59. The number of hydrogen-bond acceptors (Lipinski definition) is 4. The van der Waals surface area contributed by atoms with Gasteiger partial charge in [-0.3, -0.25) is 4.99 Å². The first-order valence-electron chi connectivity index (χ1n) is 6.64. The van der Waals surface area contributed by atoms with Crippen molar-refractivity contribution in [1.82, 2.24) is 10.6 Å². The summed E-state index contributed by atoms with van der Waals surface area (Å²) in [5.41, 5.74) is 1.24. The maximum absolute atomic E-state index is 5.39. The van der Waals surface area contributed by atoms with Gasteiger partial charge in [-0.25, -0.2) is 0 Å². The standard InChI is InChI=1S/C14H20BrN3O/c1-19-13-10-12(15)6-5-11(13)4-2-7-16-14-17-8-3-9-18-14/h5-6,10H,2-4,7-9H2,1H3,(H2,16,17,18). The van der Waals surface area contributed by atoms with Crippen LogP contribution in [0.3, 0.4) is 0 Å². The average Bonchev–Trinajstić information content (AvgIpc) is 2.46. The van der Waals surface area contributed by atoms with Gasteiger partial charge in [0.1, 0.15) is 5.75 Å². The first-order valence-corrected chi connectivity index (χ1v) is 7.43. The zero-order valence-electron chi connectivity index (χ0n) is 11.2. The molecule has 0 aliphatic carbocycles. The molecule has 0 radical (unpaired) electrons. The van der Waals surface area contributed by atoms with Crippen LogP contribution in [0.2, 0.25) is 0 Å². The summed E-state index contributed by atoms with van der Waals surface area (Å²) < 4.78 is 6.43. The highest BCUT2D eigenvalue weighted by Crippen LogP contribution is 2.24. The number of nitrogens with zero attached hydrogens (tertiary/aromatic N) is 1. The lowest BCUT2D eigenvalue weighted by molar-refractivity contribution is 0.409. The van der Waals surface area contributed by atoms with E-state index in [1.54, 1.807) is 7.11 Å². The second kappa shape index (κ2) is 7.38. The summed E-state index contributed by atoms with van der Waals surface area (Å²) in [4.78, 5) is 4.38. The van der Waals surface area contributed by atoms with E-state index in [0.717, 1.165) is 55.1 Å². The molecule has 0 amide bonds. The summed E-state index contributed by atoms with van der Waals surface area (Å²) in [6.07, 6.45) is 3.18. The monoisotopic (exact) mass is 325 g/mol. The molecule has 0 atom stereocenters. The van der Waals surface area contributed by atoms with E-state index in [0.29, 0.717) is 0 Å². The Morgan fingerprint density at radius 3 is 3.11 bits per heavy atom. The van der Waals surface area contributed by atoms with Gasteiger partial charge in [-0.05, 0) is 37.0 Å². The first kappa shape index (κ1) is 14.2. The van der Waals surface area contributed by atoms with Crippen LogP contribution in [0.15, 0.2) is 27.7 Å². The molecule has 1 aliphatic rings. The van der Waals surface area contributed by atoms with Crippen LogP contribution in [0, 0.1) is 0 Å². The lowest BCUT2D eigenvalue weighted by Crippen LogP contribution is -2.41. The molecule has 0 saturated carbocycles. The zero-order chi connectivity index (χ0) is 13.5. The zero-order valence-corrected chi connectivity index (χ0v) is 12.8. The molecule has 1 aromatic rings. The summed E-state index contributed by atoms with van der Waals surface area (Å²) >= 11 is 3.45. The molecule has 2 N–H and O–H groups in total. The van der Waals surface area contributed by atoms with Crippen LogP contribution in [0.1, 0.15) is 18.4 Å². The SMILES string of the molecule is COc1cc(Br)ccc1CCCNC1=NCCCN1. The Kier molecular flexibility index (Phi) is 5.51. The van der Waals surface area contributed by atoms with Crippen LogP contribution in [-0.2, 0) is 6.42 Å². The topological polar surface area (TPSA) is 45.6 Å². The molecule has 0 saturated heterocycles. The summed E-state index contributed by atoms with van der Waals surface area (Å²) in [6, 6.07) is 6.17. The molecule has 1 aliphatic heterocycles. The fourth-order valence-corrected chi connectivity index (χ4v) is 2.40. The number of halogens is 1. The Labute approximate surface area is 122 Å². The lowest BCUT2D eigenvalue weighted by atomic mass is 10.1. The number of ether oxygens (including phenoxy) is 1. The molecular formula is C14H20BrN3O. The smallest absolute Gasteiger partial charge is 0.191 e. The largest absolute Gasteiger partial charge is 0.496 e. The molecule has 104 valence electrons. The Hall–Kier alpha value is -1.23. The quantitative estimate of drug-likeness (QED) is 0.817. The summed E-state index contributed by atoms with van der Waals surface area (Å²) in [5.74, 6) is 1.89. The molecule has 4 nitrogen and oxygen atoms in total. The van der Waals surface area contributed by atoms with Crippen molar-refractivity contribution in [3.63, 3.8) is 0 Å². The minimum absolute atomic E-state index is 0.922. The number of methoxy groups -OCH3 is 1. The number of guanidine groups is 1. The molecule has 0 bridgehead atoms. The van der Waals surface area contributed by atoms with Crippen LogP contribution in [0.4, 0.5) is 0 Å². The highest BCUT2D eigenvalue weighted by atomic mass is 79.9. The third kappa shape index (κ3) is 4.42. The minimum atomic E-state index is 0.922. The molecule has 0 fully saturated rings. The van der Waals surface area contributed by atoms with Crippen LogP contribution >= 0.6 is 15.9 Å². The van der Waals surface area contributed by atoms with Crippen molar-refractivity contribution in [2.24, 2.45) is 4.99 Å². The van der Waals surface area contributed by atoms with Crippen molar-refractivity contribution >= 4 is 21.9 Å². The van der Waals surface area contributed by atoms with Gasteiger partial charge in [0.2, 0.25) is 0 Å². The van der Waals surface area contributed by atoms with Crippen molar-refractivity contribution < 1.29 is 4.74 Å². The van der Waals surface area contributed by atoms with E-state index in [1.165, 1.54) is 5.56 Å². The van der Waals surface area contributed by atoms with E-state index < -0.39 is 0 Å². The van der Waals surface area contributed by atoms with Gasteiger partial charge in [0.25, 0.3) is 0 Å². The van der Waals surface area contributed by atoms with Gasteiger partial charge in [0.15, 0.2) is 5.96 Å². The maximum Gasteiger partial charge on any atom is 0.191 e. The van der Waals surface area contributed by atoms with E-state index in [4.69, 9.17) is 4.74 Å². The van der Waals surface area contributed by atoms with Crippen molar-refractivity contribution in [2.45, 2.75) is 19.3 Å². The molecular weight excluding hydrogens is 306 g/mol. The predicted molar refractivity (Wildman–Crippen MR) is 81.9 cm³/mol. The van der Waals surface area contributed by atoms with Crippen molar-refractivity contribution in [3.05, 3.63) is 28.2 Å². The fraction of sp³-hybridized carbons (Fsp3) is 0.500. The highest BCUT2D eigenvalue weighted by molar-refractivity contribution is 9.10. The van der Waals surface area contributed by atoms with Gasteiger partial charge in [-0.1, -0.05) is 22.0 Å². The predicted octanol–water partition coefficient (Wildman–Crippen LogP) is 2.33. The van der Waals surface area contributed by atoms with Gasteiger partial charge in [0, 0.05) is 24.1 Å². The average molecular weight is 326 g/mol. The Morgan fingerprint density at radius 1 is 1.47 bits per heavy atom. The molecule has 19 heavy (non-hydrogen) atoms. The van der Waals surface area contributed by atoms with Gasteiger partial charge >= 0.3 is 0 Å². The van der Waals surface area contributed by atoms with Crippen LogP contribution in [0.25, 0.3) is 0 Å². The van der Waals surface area contributed by atoms with Crippen LogP contribution in [0.5, 0.6) is 5.75 Å². The highest BCUT2D eigenvalue weighted by Gasteiger charge is 2.05. The number of benzene rings is 1. The van der Waals surface area contributed by atoms with Crippen molar-refractivity contribution in [3.8, 4) is 5.75 Å². The number of rotatable bonds is 5. The van der Waals surface area contributed by atoms with Crippen LogP contribution < -0.4 is 15.4 Å². The third-order valence-electron chi connectivity index (χ3n) is 3.06. The Bertz CT molecular complexity index is 448. The molecule has 0 aromatic heterocycles. The number of aliphatic imine (C=N–C) groups is 1. The van der Waals surface area contributed by atoms with E-state index in [-0.39, 0.29) is 0 Å². The van der Waals surface area contributed by atoms with Gasteiger partial charge < -0.3 is 15.4 Å². The summed E-state index contributed by atoms with van der Waals surface area (Å²) in [6.45, 7) is 2.87. The molecule has 1 aromatic carbocycles. The summed E-state index contributed by atoms with van der Waals surface area (Å²) in [7, 11) is 1.71. The molecule has 2 rings (SSSR count). The fourth-order valence-electron chi connectivity index (χ4n) is 2.06. The normalized spacial score (nSPS) is 14.5. The number of hydrogen-bond donors (Lipinski definition) is 2. The van der Waals surface area contributed by atoms with E-state index in [2.05, 4.69) is 43.7 Å². The van der Waals surface area contributed by atoms with E-state index in [1.807, 2.05) is 6.07 Å². The van der Waals surface area contributed by atoms with Gasteiger partial charge in [-0.15, -0.1) is 0 Å². The maximum atomic E-state index is 5.39. The first-order chi connectivity index (χ1) is 9.29. The lowest BCUT2D eigenvalue weighted by Gasteiger charge is -2.16. The Balaban J connectivity index is 1.77. The van der Waals surface area contributed by atoms with Gasteiger partial charge in [0.05, 0.1) is 7.11 Å². The molecule has 1 heterocycles. The van der Waals surface area contributed by atoms with E-state index >= 15 is 0 Å². The second-order valence-electron chi connectivity index (χ2n) is 4.50. The molecule has 0 unspecified atom stereocenters. The minimum Gasteiger partial charge on any atom is -0.496 e. The van der Waals surface area contributed by atoms with Crippen molar-refractivity contribution in [1.29, 1.82) is 0 Å². The number of nitrogens with one attached hydrogen (secondary N) is 2. The molecule has 5 heteroatoms. The molecule has 0 spiro atoms. The third-order valence-corrected chi connectivity index (χ3v) is 3.55. The van der Waals surface area contributed by atoms with Crippen molar-refractivity contribution in [2.75, 3.05) is 26.7 Å². The van der Waals surface area contributed by atoms with Crippen LogP contribution in [-0.4, -0.2) is 32.7 Å². The van der Waals surface area contributed by atoms with E-state index in [9.17, 15) is 0 Å². The number of aryl methyl sites for hydroxylation is 1. The Morgan fingerprint density at radius 2 is 2.37 bits per heavy atom. The second-order valence-corrected chi connectivity index (χ2v) is 5.41. The van der Waals surface area contributed by atoms with Gasteiger partial charge in [-0.2, -0.15) is 0 Å².